The van der Waals surface area contributed by atoms with E-state index in [9.17, 15) is 18.0 Å². The van der Waals surface area contributed by atoms with Crippen molar-refractivity contribution >= 4 is 37.8 Å². The van der Waals surface area contributed by atoms with Gasteiger partial charge in [0.05, 0.1) is 10.9 Å². The first kappa shape index (κ1) is 22.5. The van der Waals surface area contributed by atoms with Crippen molar-refractivity contribution in [2.45, 2.75) is 24.8 Å². The molecule has 1 fully saturated rings. The monoisotopic (exact) mass is 493 g/mol. The number of nitrogens with zero attached hydrogens (tertiary/aromatic N) is 2. The van der Waals surface area contributed by atoms with Crippen LogP contribution in [-0.4, -0.2) is 55.6 Å². The Morgan fingerprint density at radius 3 is 2.23 bits per heavy atom. The Bertz CT molecular complexity index is 1030. The normalized spacial score (nSPS) is 16.2. The number of piperazine rings is 1. The first-order valence-electron chi connectivity index (χ1n) is 9.60. The van der Waals surface area contributed by atoms with Crippen molar-refractivity contribution in [2.75, 3.05) is 26.2 Å². The van der Waals surface area contributed by atoms with Crippen LogP contribution in [0.15, 0.2) is 57.9 Å². The average molecular weight is 494 g/mol. The minimum absolute atomic E-state index is 0.0560. The van der Waals surface area contributed by atoms with Gasteiger partial charge in [-0.15, -0.1) is 0 Å². The van der Waals surface area contributed by atoms with E-state index in [1.54, 1.807) is 4.90 Å². The van der Waals surface area contributed by atoms with Gasteiger partial charge in [-0.1, -0.05) is 28.1 Å². The van der Waals surface area contributed by atoms with E-state index >= 15 is 0 Å². The number of benzene rings is 2. The molecule has 0 bridgehead atoms. The third kappa shape index (κ3) is 5.08. The quantitative estimate of drug-likeness (QED) is 0.693. The highest BCUT2D eigenvalue weighted by Gasteiger charge is 2.29. The molecular formula is C21H24BrN3O4S. The molecule has 1 atom stereocenters. The maximum atomic E-state index is 12.9. The van der Waals surface area contributed by atoms with E-state index in [1.165, 1.54) is 35.5 Å². The number of halogens is 1. The van der Waals surface area contributed by atoms with Crippen LogP contribution in [-0.2, 0) is 14.8 Å². The predicted molar refractivity (Wildman–Crippen MR) is 117 cm³/mol. The molecular weight excluding hydrogens is 470 g/mol. The Morgan fingerprint density at radius 1 is 1.03 bits per heavy atom. The van der Waals surface area contributed by atoms with E-state index in [4.69, 9.17) is 0 Å². The summed E-state index contributed by atoms with van der Waals surface area (Å²) >= 11 is 3.42. The number of hydrogen-bond donors (Lipinski definition) is 1. The summed E-state index contributed by atoms with van der Waals surface area (Å²) in [5.41, 5.74) is 1.35. The average Bonchev–Trinajstić information content (AvgIpc) is 2.73. The molecule has 30 heavy (non-hydrogen) atoms. The highest BCUT2D eigenvalue weighted by atomic mass is 79.9. The second-order valence-electron chi connectivity index (χ2n) is 7.18. The molecule has 2 amide bonds. The third-order valence-corrected chi connectivity index (χ3v) is 7.54. The second-order valence-corrected chi connectivity index (χ2v) is 10.0. The van der Waals surface area contributed by atoms with Gasteiger partial charge < -0.3 is 10.2 Å². The molecule has 1 aliphatic rings. The van der Waals surface area contributed by atoms with Crippen LogP contribution in [0.25, 0.3) is 0 Å². The van der Waals surface area contributed by atoms with Gasteiger partial charge in [-0.05, 0) is 48.9 Å². The zero-order chi connectivity index (χ0) is 21.9. The van der Waals surface area contributed by atoms with Gasteiger partial charge in [0.1, 0.15) is 0 Å². The predicted octanol–water partition coefficient (Wildman–Crippen LogP) is 2.79. The highest BCUT2D eigenvalue weighted by Crippen LogP contribution is 2.20. The Morgan fingerprint density at radius 2 is 1.67 bits per heavy atom. The van der Waals surface area contributed by atoms with E-state index in [2.05, 4.69) is 21.2 Å². The molecule has 0 saturated carbocycles. The summed E-state index contributed by atoms with van der Waals surface area (Å²) in [6.07, 6.45) is 0. The maximum absolute atomic E-state index is 12.9. The minimum Gasteiger partial charge on any atom is -0.346 e. The molecule has 160 valence electrons. The zero-order valence-electron chi connectivity index (χ0n) is 16.8. The van der Waals surface area contributed by atoms with Crippen LogP contribution in [0.3, 0.4) is 0 Å². The van der Waals surface area contributed by atoms with E-state index in [0.29, 0.717) is 18.7 Å². The lowest BCUT2D eigenvalue weighted by Gasteiger charge is -2.33. The lowest BCUT2D eigenvalue weighted by molar-refractivity contribution is -0.129. The molecule has 0 spiro atoms. The topological polar surface area (TPSA) is 86.8 Å². The number of nitrogens with one attached hydrogen (secondary N) is 1. The lowest BCUT2D eigenvalue weighted by Crippen LogP contribution is -2.49. The summed E-state index contributed by atoms with van der Waals surface area (Å²) in [4.78, 5) is 25.7. The molecule has 1 unspecified atom stereocenters. The van der Waals surface area contributed by atoms with Crippen molar-refractivity contribution in [1.82, 2.24) is 14.5 Å². The minimum atomic E-state index is -3.67. The largest absolute Gasteiger partial charge is 0.346 e. The molecule has 1 aliphatic heterocycles. The fourth-order valence-electron chi connectivity index (χ4n) is 3.31. The van der Waals surface area contributed by atoms with Crippen LogP contribution < -0.4 is 5.32 Å². The van der Waals surface area contributed by atoms with E-state index in [-0.39, 0.29) is 35.8 Å². The van der Waals surface area contributed by atoms with Crippen LogP contribution >= 0.6 is 15.9 Å². The number of carbonyl (C=O) groups is 2. The Hall–Kier alpha value is -2.23. The summed E-state index contributed by atoms with van der Waals surface area (Å²) in [7, 11) is -3.67. The van der Waals surface area contributed by atoms with Crippen molar-refractivity contribution in [2.24, 2.45) is 0 Å². The maximum Gasteiger partial charge on any atom is 0.251 e. The molecule has 0 aromatic heterocycles. The van der Waals surface area contributed by atoms with Crippen LogP contribution in [0, 0.1) is 0 Å². The summed E-state index contributed by atoms with van der Waals surface area (Å²) < 4.78 is 28.0. The molecule has 0 radical (unpaired) electrons. The molecule has 0 aliphatic carbocycles. The molecule has 1 N–H and O–H groups in total. The lowest BCUT2D eigenvalue weighted by atomic mass is 10.1. The molecule has 2 aromatic carbocycles. The van der Waals surface area contributed by atoms with Crippen molar-refractivity contribution in [3.63, 3.8) is 0 Å². The van der Waals surface area contributed by atoms with E-state index < -0.39 is 10.0 Å². The van der Waals surface area contributed by atoms with Crippen LogP contribution in [0.1, 0.15) is 35.8 Å². The van der Waals surface area contributed by atoms with Gasteiger partial charge >= 0.3 is 0 Å². The van der Waals surface area contributed by atoms with Crippen molar-refractivity contribution < 1.29 is 18.0 Å². The summed E-state index contributed by atoms with van der Waals surface area (Å²) in [6, 6.07) is 13.4. The van der Waals surface area contributed by atoms with Crippen LogP contribution in [0.5, 0.6) is 0 Å². The Kier molecular flexibility index (Phi) is 6.95. The summed E-state index contributed by atoms with van der Waals surface area (Å²) in [5.74, 6) is -0.332. The van der Waals surface area contributed by atoms with Crippen molar-refractivity contribution in [3.8, 4) is 0 Å². The van der Waals surface area contributed by atoms with Gasteiger partial charge in [-0.3, -0.25) is 9.59 Å². The van der Waals surface area contributed by atoms with E-state index in [0.717, 1.165) is 10.0 Å². The Balaban J connectivity index is 1.66. The third-order valence-electron chi connectivity index (χ3n) is 5.13. The number of rotatable bonds is 5. The van der Waals surface area contributed by atoms with Crippen LogP contribution in [0.2, 0.25) is 0 Å². The molecule has 3 rings (SSSR count). The second kappa shape index (κ2) is 9.28. The molecule has 1 saturated heterocycles. The number of hydrogen-bond acceptors (Lipinski definition) is 4. The van der Waals surface area contributed by atoms with E-state index in [1.807, 2.05) is 31.2 Å². The van der Waals surface area contributed by atoms with Gasteiger partial charge in [0.2, 0.25) is 15.9 Å². The summed E-state index contributed by atoms with van der Waals surface area (Å²) in [6.45, 7) is 4.64. The number of amides is 2. The van der Waals surface area contributed by atoms with Gasteiger partial charge in [0.15, 0.2) is 0 Å². The number of carbonyl (C=O) groups excluding carboxylic acids is 2. The smallest absolute Gasteiger partial charge is 0.251 e. The molecule has 7 nitrogen and oxygen atoms in total. The fourth-order valence-corrected chi connectivity index (χ4v) is 5.15. The van der Waals surface area contributed by atoms with Gasteiger partial charge in [-0.25, -0.2) is 8.42 Å². The molecule has 1 heterocycles. The molecule has 9 heteroatoms. The van der Waals surface area contributed by atoms with Gasteiger partial charge in [0.25, 0.3) is 5.91 Å². The highest BCUT2D eigenvalue weighted by molar-refractivity contribution is 9.10. The molecule has 2 aromatic rings. The number of sulfonamides is 1. The van der Waals surface area contributed by atoms with Gasteiger partial charge in [-0.2, -0.15) is 4.31 Å². The first-order chi connectivity index (χ1) is 14.2. The fraction of sp³-hybridized carbons (Fsp3) is 0.333. The van der Waals surface area contributed by atoms with Crippen LogP contribution in [0.4, 0.5) is 0 Å². The SMILES string of the molecule is CC(=O)N1CCN(S(=O)(=O)c2ccc(C(=O)NC(C)c3cccc(Br)c3)cc2)CC1. The Labute approximate surface area is 185 Å². The van der Waals surface area contributed by atoms with Crippen molar-refractivity contribution in [1.29, 1.82) is 0 Å². The summed E-state index contributed by atoms with van der Waals surface area (Å²) in [5, 5.41) is 2.92. The standard InChI is InChI=1S/C21H24BrN3O4S/c1-15(18-4-3-5-19(22)14-18)23-21(27)17-6-8-20(9-7-17)30(28,29)25-12-10-24(11-13-25)16(2)26/h3-9,14-15H,10-13H2,1-2H3,(H,23,27). The first-order valence-corrected chi connectivity index (χ1v) is 11.8. The van der Waals surface area contributed by atoms with Gasteiger partial charge in [0, 0.05) is 43.1 Å². The zero-order valence-corrected chi connectivity index (χ0v) is 19.2. The van der Waals surface area contributed by atoms with Crippen molar-refractivity contribution in [3.05, 3.63) is 64.1 Å².